The van der Waals surface area contributed by atoms with Crippen LogP contribution in [-0.4, -0.2) is 33.2 Å². The maximum atomic E-state index is 12.7. The Kier molecular flexibility index (Phi) is 5.59. The summed E-state index contributed by atoms with van der Waals surface area (Å²) < 4.78 is 7.00. The summed E-state index contributed by atoms with van der Waals surface area (Å²) in [6.07, 6.45) is 0. The van der Waals surface area contributed by atoms with Crippen molar-refractivity contribution in [3.05, 3.63) is 44.6 Å². The molecule has 0 fully saturated rings. The normalized spacial score (nSPS) is 13.1. The van der Waals surface area contributed by atoms with E-state index in [1.165, 1.54) is 7.11 Å². The van der Waals surface area contributed by atoms with Crippen LogP contribution >= 0.6 is 11.3 Å². The van der Waals surface area contributed by atoms with E-state index in [9.17, 15) is 9.90 Å². The summed E-state index contributed by atoms with van der Waals surface area (Å²) in [6, 6.07) is 6.09. The first-order valence-electron chi connectivity index (χ1n) is 9.37. The van der Waals surface area contributed by atoms with Crippen molar-refractivity contribution < 1.29 is 14.6 Å². The van der Waals surface area contributed by atoms with Crippen LogP contribution in [0.15, 0.2) is 18.2 Å². The molecule has 7 heteroatoms. The second-order valence-electron chi connectivity index (χ2n) is 7.59. The van der Waals surface area contributed by atoms with Crippen LogP contribution in [0.25, 0.3) is 11.0 Å². The van der Waals surface area contributed by atoms with Gasteiger partial charge in [0, 0.05) is 22.2 Å². The molecule has 0 aliphatic carbocycles. The SMILES string of the molecule is CCn1nnc2c(C)c([C@@H](c3cc(CO)c(C)s3)C(C)(C)C(=O)OC)ccc21. The third-order valence-electron chi connectivity index (χ3n) is 5.52. The number of carbonyl (C=O) groups is 1. The third kappa shape index (κ3) is 3.22. The Balaban J connectivity index is 2.26. The van der Waals surface area contributed by atoms with Crippen LogP contribution in [0.3, 0.4) is 0 Å². The predicted molar refractivity (Wildman–Crippen MR) is 111 cm³/mol. The van der Waals surface area contributed by atoms with E-state index in [1.807, 2.05) is 51.4 Å². The molecule has 0 unspecified atom stereocenters. The fourth-order valence-electron chi connectivity index (χ4n) is 3.85. The fraction of sp³-hybridized carbons (Fsp3) is 0.476. The Morgan fingerprint density at radius 1 is 1.36 bits per heavy atom. The van der Waals surface area contributed by atoms with E-state index in [0.29, 0.717) is 0 Å². The molecule has 0 bridgehead atoms. The number of nitrogens with zero attached hydrogens (tertiary/aromatic N) is 3. The van der Waals surface area contributed by atoms with Crippen LogP contribution in [0.1, 0.15) is 53.1 Å². The lowest BCUT2D eigenvalue weighted by molar-refractivity contribution is -0.151. The molecule has 0 saturated carbocycles. The second kappa shape index (κ2) is 7.64. The lowest BCUT2D eigenvalue weighted by Gasteiger charge is -2.32. The molecule has 28 heavy (non-hydrogen) atoms. The van der Waals surface area contributed by atoms with Crippen LogP contribution in [0.2, 0.25) is 0 Å². The first-order valence-corrected chi connectivity index (χ1v) is 10.2. The molecule has 150 valence electrons. The minimum atomic E-state index is -0.794. The van der Waals surface area contributed by atoms with E-state index in [1.54, 1.807) is 11.3 Å². The smallest absolute Gasteiger partial charge is 0.312 e. The molecule has 0 aliphatic heterocycles. The van der Waals surface area contributed by atoms with Crippen molar-refractivity contribution in [2.24, 2.45) is 5.41 Å². The standard InChI is InChI=1S/C21H27N3O3S/c1-7-24-16-9-8-15(12(2)19(16)22-23-24)18(21(4,5)20(26)27-6)17-10-14(11-25)13(3)28-17/h8-10,18,25H,7,11H2,1-6H3/t18-/m0/s1. The number of aliphatic hydroxyl groups excluding tert-OH is 1. The van der Waals surface area contributed by atoms with E-state index in [4.69, 9.17) is 4.74 Å². The number of fused-ring (bicyclic) bond motifs is 1. The number of benzene rings is 1. The number of aromatic nitrogens is 3. The van der Waals surface area contributed by atoms with E-state index in [0.717, 1.165) is 44.0 Å². The molecule has 0 aliphatic rings. The summed E-state index contributed by atoms with van der Waals surface area (Å²) >= 11 is 1.61. The highest BCUT2D eigenvalue weighted by Gasteiger charge is 2.42. The highest BCUT2D eigenvalue weighted by molar-refractivity contribution is 7.12. The van der Waals surface area contributed by atoms with Gasteiger partial charge in [-0.05, 0) is 63.4 Å². The van der Waals surface area contributed by atoms with Gasteiger partial charge in [-0.3, -0.25) is 4.79 Å². The van der Waals surface area contributed by atoms with E-state index in [-0.39, 0.29) is 18.5 Å². The van der Waals surface area contributed by atoms with E-state index in [2.05, 4.69) is 16.4 Å². The zero-order valence-electron chi connectivity index (χ0n) is 17.2. The first-order chi connectivity index (χ1) is 13.3. The van der Waals surface area contributed by atoms with Gasteiger partial charge in [-0.2, -0.15) is 0 Å². The molecule has 6 nitrogen and oxygen atoms in total. The lowest BCUT2D eigenvalue weighted by atomic mass is 9.72. The molecular weight excluding hydrogens is 374 g/mol. The number of methoxy groups -OCH3 is 1. The van der Waals surface area contributed by atoms with Gasteiger partial charge in [-0.25, -0.2) is 4.68 Å². The number of thiophene rings is 1. The first kappa shape index (κ1) is 20.5. The average Bonchev–Trinajstić information content (AvgIpc) is 3.26. The van der Waals surface area contributed by atoms with Crippen LogP contribution in [0.5, 0.6) is 0 Å². The topological polar surface area (TPSA) is 77.2 Å². The molecule has 0 amide bonds. The van der Waals surface area contributed by atoms with E-state index >= 15 is 0 Å². The van der Waals surface area contributed by atoms with E-state index < -0.39 is 5.41 Å². The molecular formula is C21H27N3O3S. The number of hydrogen-bond acceptors (Lipinski definition) is 6. The molecule has 0 spiro atoms. The van der Waals surface area contributed by atoms with Crippen molar-refractivity contribution in [3.8, 4) is 0 Å². The van der Waals surface area contributed by atoms with Crippen molar-refractivity contribution in [3.63, 3.8) is 0 Å². The Morgan fingerprint density at radius 2 is 2.07 bits per heavy atom. The summed E-state index contributed by atoms with van der Waals surface area (Å²) in [4.78, 5) is 14.8. The maximum Gasteiger partial charge on any atom is 0.312 e. The van der Waals surface area contributed by atoms with Crippen LogP contribution in [0, 0.1) is 19.3 Å². The summed E-state index contributed by atoms with van der Waals surface area (Å²) in [7, 11) is 1.42. The van der Waals surface area contributed by atoms with Crippen LogP contribution in [-0.2, 0) is 22.7 Å². The van der Waals surface area contributed by atoms with Crippen LogP contribution < -0.4 is 0 Å². The molecule has 2 aromatic heterocycles. The summed E-state index contributed by atoms with van der Waals surface area (Å²) in [5, 5.41) is 18.3. The van der Waals surface area contributed by atoms with Crippen molar-refractivity contribution >= 4 is 28.3 Å². The Morgan fingerprint density at radius 3 is 2.64 bits per heavy atom. The highest BCUT2D eigenvalue weighted by atomic mass is 32.1. The Hall–Kier alpha value is -2.25. The zero-order chi connectivity index (χ0) is 20.6. The molecule has 1 aromatic carbocycles. The number of hydrogen-bond donors (Lipinski definition) is 1. The number of esters is 1. The van der Waals surface area contributed by atoms with Crippen molar-refractivity contribution in [1.29, 1.82) is 0 Å². The van der Waals surface area contributed by atoms with Crippen molar-refractivity contribution in [2.75, 3.05) is 7.11 Å². The average molecular weight is 402 g/mol. The maximum absolute atomic E-state index is 12.7. The summed E-state index contributed by atoms with van der Waals surface area (Å²) in [5.74, 6) is -0.495. The Bertz CT molecular complexity index is 1020. The second-order valence-corrected chi connectivity index (χ2v) is 8.88. The number of carbonyl (C=O) groups excluding carboxylic acids is 1. The lowest BCUT2D eigenvalue weighted by Crippen LogP contribution is -2.33. The molecule has 0 saturated heterocycles. The van der Waals surface area contributed by atoms with Gasteiger partial charge in [0.1, 0.15) is 5.52 Å². The number of ether oxygens (including phenoxy) is 1. The van der Waals surface area contributed by atoms with Gasteiger partial charge < -0.3 is 9.84 Å². The molecule has 1 atom stereocenters. The van der Waals surface area contributed by atoms with Crippen molar-refractivity contribution in [1.82, 2.24) is 15.0 Å². The minimum Gasteiger partial charge on any atom is -0.469 e. The monoisotopic (exact) mass is 401 g/mol. The highest BCUT2D eigenvalue weighted by Crippen LogP contribution is 2.46. The molecule has 0 radical (unpaired) electrons. The van der Waals surface area contributed by atoms with Gasteiger partial charge in [0.05, 0.1) is 24.6 Å². The van der Waals surface area contributed by atoms with Gasteiger partial charge in [0.25, 0.3) is 0 Å². The fourth-order valence-corrected chi connectivity index (χ4v) is 5.20. The van der Waals surface area contributed by atoms with Gasteiger partial charge in [0.2, 0.25) is 0 Å². The molecule has 3 aromatic rings. The van der Waals surface area contributed by atoms with Gasteiger partial charge >= 0.3 is 5.97 Å². The zero-order valence-corrected chi connectivity index (χ0v) is 18.1. The van der Waals surface area contributed by atoms with Crippen molar-refractivity contribution in [2.45, 2.75) is 53.7 Å². The summed E-state index contributed by atoms with van der Waals surface area (Å²) in [6.45, 7) is 10.6. The largest absolute Gasteiger partial charge is 0.469 e. The third-order valence-corrected chi connectivity index (χ3v) is 6.68. The Labute approximate surface area is 169 Å². The van der Waals surface area contributed by atoms with Gasteiger partial charge in [-0.1, -0.05) is 11.3 Å². The van der Waals surface area contributed by atoms with Gasteiger partial charge in [0.15, 0.2) is 0 Å². The van der Waals surface area contributed by atoms with Crippen LogP contribution in [0.4, 0.5) is 0 Å². The number of aryl methyl sites for hydroxylation is 3. The van der Waals surface area contributed by atoms with Gasteiger partial charge in [-0.15, -0.1) is 16.4 Å². The number of rotatable bonds is 6. The summed E-state index contributed by atoms with van der Waals surface area (Å²) in [5.41, 5.74) is 3.96. The predicted octanol–water partition coefficient (Wildman–Crippen LogP) is 3.95. The number of aliphatic hydroxyl groups is 1. The molecule has 3 rings (SSSR count). The quantitative estimate of drug-likeness (QED) is 0.633. The minimum absolute atomic E-state index is 0.0173. The molecule has 1 N–H and O–H groups in total. The molecule has 2 heterocycles.